The summed E-state index contributed by atoms with van der Waals surface area (Å²) in [6, 6.07) is 14.0. The summed E-state index contributed by atoms with van der Waals surface area (Å²) >= 11 is 0. The molecule has 0 atom stereocenters. The van der Waals surface area contributed by atoms with Crippen molar-refractivity contribution in [3.63, 3.8) is 0 Å². The quantitative estimate of drug-likeness (QED) is 0.482. The van der Waals surface area contributed by atoms with Crippen molar-refractivity contribution in [3.05, 3.63) is 96.3 Å². The number of oxazole rings is 1. The van der Waals surface area contributed by atoms with Crippen LogP contribution < -0.4 is 5.32 Å². The highest BCUT2D eigenvalue weighted by molar-refractivity contribution is 5.76. The molecular formula is C23H21FN4O2. The maximum atomic E-state index is 13.0. The van der Waals surface area contributed by atoms with E-state index in [1.165, 1.54) is 12.1 Å². The first-order valence-electron chi connectivity index (χ1n) is 9.67. The van der Waals surface area contributed by atoms with E-state index in [0.29, 0.717) is 31.2 Å². The van der Waals surface area contributed by atoms with Crippen LogP contribution in [0.5, 0.6) is 0 Å². The highest BCUT2D eigenvalue weighted by Crippen LogP contribution is 2.21. The fraction of sp³-hybridized carbons (Fsp3) is 0.174. The lowest BCUT2D eigenvalue weighted by Crippen LogP contribution is -2.23. The second-order valence-corrected chi connectivity index (χ2v) is 6.91. The zero-order valence-electron chi connectivity index (χ0n) is 16.3. The Bertz CT molecular complexity index is 1100. The maximum absolute atomic E-state index is 13.0. The van der Waals surface area contributed by atoms with Gasteiger partial charge in [0.1, 0.15) is 5.82 Å². The van der Waals surface area contributed by atoms with Crippen LogP contribution in [0.1, 0.15) is 23.4 Å². The summed E-state index contributed by atoms with van der Waals surface area (Å²) in [4.78, 5) is 20.6. The molecule has 0 aliphatic carbocycles. The molecule has 0 radical (unpaired) electrons. The minimum Gasteiger partial charge on any atom is -0.441 e. The molecule has 0 aliphatic rings. The largest absolute Gasteiger partial charge is 0.441 e. The van der Waals surface area contributed by atoms with Crippen LogP contribution in [-0.2, 0) is 24.3 Å². The number of aryl methyl sites for hydroxylation is 1. The van der Waals surface area contributed by atoms with E-state index >= 15 is 0 Å². The molecule has 30 heavy (non-hydrogen) atoms. The van der Waals surface area contributed by atoms with E-state index in [0.717, 1.165) is 16.7 Å². The lowest BCUT2D eigenvalue weighted by atomic mass is 10.1. The van der Waals surface area contributed by atoms with Crippen LogP contribution in [0.15, 0.2) is 77.9 Å². The first-order valence-corrected chi connectivity index (χ1v) is 9.67. The molecule has 0 saturated carbocycles. The van der Waals surface area contributed by atoms with Crippen LogP contribution in [-0.4, -0.2) is 20.4 Å². The number of aromatic nitrogens is 3. The third-order valence-corrected chi connectivity index (χ3v) is 4.75. The Kier molecular flexibility index (Phi) is 5.98. The van der Waals surface area contributed by atoms with Crippen LogP contribution in [0.3, 0.4) is 0 Å². The number of amides is 1. The molecule has 4 aromatic rings. The Morgan fingerprint density at radius 3 is 2.67 bits per heavy atom. The topological polar surface area (TPSA) is 73.0 Å². The van der Waals surface area contributed by atoms with Gasteiger partial charge in [0.25, 0.3) is 0 Å². The Morgan fingerprint density at radius 2 is 1.90 bits per heavy atom. The van der Waals surface area contributed by atoms with E-state index < -0.39 is 0 Å². The second kappa shape index (κ2) is 9.17. The van der Waals surface area contributed by atoms with Gasteiger partial charge in [-0.1, -0.05) is 24.3 Å². The number of hydrogen-bond acceptors (Lipinski definition) is 4. The number of hydrogen-bond donors (Lipinski definition) is 1. The Labute approximate surface area is 173 Å². The number of nitrogens with zero attached hydrogens (tertiary/aromatic N) is 3. The maximum Gasteiger partial charge on any atom is 0.220 e. The van der Waals surface area contributed by atoms with E-state index in [4.69, 9.17) is 4.42 Å². The molecule has 0 saturated heterocycles. The average molecular weight is 404 g/mol. The molecule has 0 unspecified atom stereocenters. The molecule has 2 aromatic heterocycles. The molecule has 2 aromatic carbocycles. The molecule has 1 N–H and O–H groups in total. The summed E-state index contributed by atoms with van der Waals surface area (Å²) in [6.07, 6.45) is 7.68. The van der Waals surface area contributed by atoms with Crippen LogP contribution >= 0.6 is 0 Å². The van der Waals surface area contributed by atoms with Gasteiger partial charge < -0.3 is 14.3 Å². The summed E-state index contributed by atoms with van der Waals surface area (Å²) in [7, 11) is 0. The summed E-state index contributed by atoms with van der Waals surface area (Å²) in [5, 5.41) is 2.96. The minimum absolute atomic E-state index is 0.0750. The average Bonchev–Trinajstić information content (AvgIpc) is 3.44. The Morgan fingerprint density at radius 1 is 1.10 bits per heavy atom. The third-order valence-electron chi connectivity index (χ3n) is 4.75. The Hall–Kier alpha value is -3.74. The smallest absolute Gasteiger partial charge is 0.220 e. The lowest BCUT2D eigenvalue weighted by molar-refractivity contribution is -0.121. The number of halogens is 1. The van der Waals surface area contributed by atoms with Crippen molar-refractivity contribution in [2.75, 3.05) is 0 Å². The first-order chi connectivity index (χ1) is 14.7. The van der Waals surface area contributed by atoms with Crippen LogP contribution in [0, 0.1) is 5.82 Å². The molecule has 1 amide bonds. The fourth-order valence-electron chi connectivity index (χ4n) is 3.14. The van der Waals surface area contributed by atoms with Gasteiger partial charge in [0, 0.05) is 43.9 Å². The van der Waals surface area contributed by atoms with Gasteiger partial charge in [-0.25, -0.2) is 14.4 Å². The molecular weight excluding hydrogens is 383 g/mol. The summed E-state index contributed by atoms with van der Waals surface area (Å²) in [6.45, 7) is 1.16. The van der Waals surface area contributed by atoms with E-state index in [9.17, 15) is 9.18 Å². The molecule has 0 bridgehead atoms. The van der Waals surface area contributed by atoms with Gasteiger partial charge in [-0.3, -0.25) is 4.79 Å². The monoisotopic (exact) mass is 404 g/mol. The molecule has 2 heterocycles. The van der Waals surface area contributed by atoms with Gasteiger partial charge in [0.15, 0.2) is 11.7 Å². The zero-order chi connectivity index (χ0) is 20.8. The number of carbonyl (C=O) groups excluding carboxylic acids is 1. The van der Waals surface area contributed by atoms with E-state index in [2.05, 4.69) is 15.3 Å². The minimum atomic E-state index is -0.304. The fourth-order valence-corrected chi connectivity index (χ4v) is 3.14. The van der Waals surface area contributed by atoms with Crippen LogP contribution in [0.4, 0.5) is 4.39 Å². The molecule has 152 valence electrons. The lowest BCUT2D eigenvalue weighted by Gasteiger charge is -2.11. The summed E-state index contributed by atoms with van der Waals surface area (Å²) in [5.41, 5.74) is 2.94. The first kappa shape index (κ1) is 19.6. The number of rotatable bonds is 8. The highest BCUT2D eigenvalue weighted by Gasteiger charge is 2.10. The summed E-state index contributed by atoms with van der Waals surface area (Å²) < 4.78 is 20.7. The van der Waals surface area contributed by atoms with E-state index in [1.54, 1.807) is 30.9 Å². The van der Waals surface area contributed by atoms with Crippen molar-refractivity contribution in [1.29, 1.82) is 0 Å². The van der Waals surface area contributed by atoms with Gasteiger partial charge in [-0.2, -0.15) is 0 Å². The predicted molar refractivity (Wildman–Crippen MR) is 110 cm³/mol. The molecule has 0 aliphatic heterocycles. The summed E-state index contributed by atoms with van der Waals surface area (Å²) in [5.74, 6) is 0.652. The van der Waals surface area contributed by atoms with Gasteiger partial charge in [-0.15, -0.1) is 0 Å². The molecule has 0 fully saturated rings. The van der Waals surface area contributed by atoms with Crippen molar-refractivity contribution in [3.8, 4) is 11.3 Å². The molecule has 4 rings (SSSR count). The van der Waals surface area contributed by atoms with Gasteiger partial charge in [-0.05, 0) is 35.4 Å². The van der Waals surface area contributed by atoms with Crippen LogP contribution in [0.2, 0.25) is 0 Å². The molecule has 7 heteroatoms. The third kappa shape index (κ3) is 5.00. The van der Waals surface area contributed by atoms with Gasteiger partial charge in [0.2, 0.25) is 5.91 Å². The van der Waals surface area contributed by atoms with Crippen molar-refractivity contribution in [1.82, 2.24) is 19.9 Å². The highest BCUT2D eigenvalue weighted by atomic mass is 19.1. The SMILES string of the molecule is O=C(CCc1ncc(-c2ccc(F)cc2)o1)NCc1ccccc1Cn1ccnc1. The van der Waals surface area contributed by atoms with E-state index in [-0.39, 0.29) is 18.1 Å². The van der Waals surface area contributed by atoms with Gasteiger partial charge >= 0.3 is 0 Å². The van der Waals surface area contributed by atoms with Crippen LogP contribution in [0.25, 0.3) is 11.3 Å². The zero-order valence-corrected chi connectivity index (χ0v) is 16.3. The number of imidazole rings is 1. The van der Waals surface area contributed by atoms with Gasteiger partial charge in [0.05, 0.1) is 12.5 Å². The molecule has 0 spiro atoms. The molecule has 6 nitrogen and oxygen atoms in total. The predicted octanol–water partition coefficient (Wildman–Crippen LogP) is 3.97. The number of carbonyl (C=O) groups is 1. The van der Waals surface area contributed by atoms with Crippen molar-refractivity contribution < 1.29 is 13.6 Å². The normalized spacial score (nSPS) is 10.8. The van der Waals surface area contributed by atoms with Crippen molar-refractivity contribution in [2.24, 2.45) is 0 Å². The second-order valence-electron chi connectivity index (χ2n) is 6.91. The standard InChI is InChI=1S/C23H21FN4O2/c24-20-7-5-17(6-8-20)21-14-27-23(30-21)10-9-22(29)26-13-18-3-1-2-4-19(18)15-28-12-11-25-16-28/h1-8,11-12,14,16H,9-10,13,15H2,(H,26,29). The van der Waals surface area contributed by atoms with E-state index in [1.807, 2.05) is 35.0 Å². The van der Waals surface area contributed by atoms with Crippen molar-refractivity contribution in [2.45, 2.75) is 25.9 Å². The Balaban J connectivity index is 1.29. The number of nitrogens with one attached hydrogen (secondary N) is 1. The number of benzene rings is 2. The van der Waals surface area contributed by atoms with Crippen molar-refractivity contribution >= 4 is 5.91 Å².